The van der Waals surface area contributed by atoms with E-state index in [1.54, 1.807) is 11.7 Å². The molecule has 0 aromatic carbocycles. The lowest BCUT2D eigenvalue weighted by atomic mass is 10.1. The van der Waals surface area contributed by atoms with Gasteiger partial charge in [0, 0.05) is 24.7 Å². The Bertz CT molecular complexity index is 357. The van der Waals surface area contributed by atoms with Crippen LogP contribution in [0.1, 0.15) is 21.7 Å². The highest BCUT2D eigenvalue weighted by atomic mass is 16.5. The first-order valence-corrected chi connectivity index (χ1v) is 4.06. The number of ether oxygens (including phenoxy) is 1. The molecule has 2 heterocycles. The Kier molecular flexibility index (Phi) is 1.81. The number of fused-ring (bicyclic) bond motifs is 1. The summed E-state index contributed by atoms with van der Waals surface area (Å²) < 4.78 is 6.81. The quantitative estimate of drug-likeness (QED) is 0.673. The Morgan fingerprint density at radius 2 is 2.46 bits per heavy atom. The summed E-state index contributed by atoms with van der Waals surface area (Å²) in [6.45, 7) is 1.01. The van der Waals surface area contributed by atoms with Crippen LogP contribution in [0.2, 0.25) is 0 Å². The molecule has 70 valence electrons. The van der Waals surface area contributed by atoms with Gasteiger partial charge in [-0.05, 0) is 0 Å². The van der Waals surface area contributed by atoms with Crippen molar-refractivity contribution in [2.45, 2.75) is 13.0 Å². The van der Waals surface area contributed by atoms with E-state index in [-0.39, 0.29) is 5.69 Å². The van der Waals surface area contributed by atoms with E-state index in [2.05, 4.69) is 5.10 Å². The van der Waals surface area contributed by atoms with Crippen LogP contribution in [0.25, 0.3) is 0 Å². The lowest BCUT2D eigenvalue weighted by Crippen LogP contribution is -2.13. The van der Waals surface area contributed by atoms with E-state index in [0.29, 0.717) is 13.2 Å². The van der Waals surface area contributed by atoms with Crippen LogP contribution in [-0.4, -0.2) is 27.5 Å². The van der Waals surface area contributed by atoms with Gasteiger partial charge in [0.25, 0.3) is 0 Å². The summed E-state index contributed by atoms with van der Waals surface area (Å²) >= 11 is 0. The number of nitrogens with zero attached hydrogens (tertiary/aromatic N) is 2. The fourth-order valence-corrected chi connectivity index (χ4v) is 1.58. The zero-order valence-corrected chi connectivity index (χ0v) is 7.28. The summed E-state index contributed by atoms with van der Waals surface area (Å²) in [4.78, 5) is 10.8. The first kappa shape index (κ1) is 8.25. The monoisotopic (exact) mass is 182 g/mol. The topological polar surface area (TPSA) is 64.4 Å². The second-order valence-corrected chi connectivity index (χ2v) is 3.01. The molecule has 13 heavy (non-hydrogen) atoms. The number of carbonyl (C=O) groups is 1. The molecule has 2 rings (SSSR count). The second-order valence-electron chi connectivity index (χ2n) is 3.01. The molecule has 0 radical (unpaired) electrons. The van der Waals surface area contributed by atoms with Crippen LogP contribution in [-0.2, 0) is 24.8 Å². The van der Waals surface area contributed by atoms with Gasteiger partial charge in [-0.3, -0.25) is 4.68 Å². The maximum absolute atomic E-state index is 10.8. The molecule has 0 saturated heterocycles. The molecule has 0 spiro atoms. The minimum atomic E-state index is -0.984. The predicted molar refractivity (Wildman–Crippen MR) is 43.5 cm³/mol. The number of hydrogen-bond donors (Lipinski definition) is 1. The number of aromatic nitrogens is 2. The van der Waals surface area contributed by atoms with Crippen LogP contribution in [0.5, 0.6) is 0 Å². The molecule has 1 N–H and O–H groups in total. The molecule has 0 unspecified atom stereocenters. The van der Waals surface area contributed by atoms with Crippen LogP contribution < -0.4 is 0 Å². The van der Waals surface area contributed by atoms with Crippen molar-refractivity contribution in [1.29, 1.82) is 0 Å². The van der Waals surface area contributed by atoms with Gasteiger partial charge in [0.1, 0.15) is 0 Å². The largest absolute Gasteiger partial charge is 0.476 e. The standard InChI is InChI=1S/C8H10N2O3/c1-10-6-2-3-13-4-5(6)7(9-10)8(11)12/h2-4H2,1H3,(H,11,12). The van der Waals surface area contributed by atoms with E-state index in [0.717, 1.165) is 17.7 Å². The van der Waals surface area contributed by atoms with Gasteiger partial charge in [0.15, 0.2) is 5.69 Å². The number of carboxylic acids is 1. The summed E-state index contributed by atoms with van der Waals surface area (Å²) in [6.07, 6.45) is 0.742. The number of rotatable bonds is 1. The molecule has 0 atom stereocenters. The minimum Gasteiger partial charge on any atom is -0.476 e. The molecular formula is C8H10N2O3. The van der Waals surface area contributed by atoms with Crippen LogP contribution in [0.15, 0.2) is 0 Å². The molecule has 0 amide bonds. The number of aromatic carboxylic acids is 1. The van der Waals surface area contributed by atoms with Gasteiger partial charge in [-0.25, -0.2) is 4.79 Å². The molecule has 0 fully saturated rings. The van der Waals surface area contributed by atoms with Crippen molar-refractivity contribution in [3.63, 3.8) is 0 Å². The highest BCUT2D eigenvalue weighted by molar-refractivity contribution is 5.87. The number of carboxylic acid groups (broad SMARTS) is 1. The van der Waals surface area contributed by atoms with Gasteiger partial charge in [0.2, 0.25) is 0 Å². The fraction of sp³-hybridized carbons (Fsp3) is 0.500. The van der Waals surface area contributed by atoms with Crippen molar-refractivity contribution in [3.8, 4) is 0 Å². The van der Waals surface area contributed by atoms with Gasteiger partial charge in [0.05, 0.1) is 13.2 Å². The Hall–Kier alpha value is -1.36. The number of aryl methyl sites for hydroxylation is 1. The van der Waals surface area contributed by atoms with Gasteiger partial charge in [-0.2, -0.15) is 5.10 Å². The smallest absolute Gasteiger partial charge is 0.356 e. The van der Waals surface area contributed by atoms with E-state index in [4.69, 9.17) is 9.84 Å². The van der Waals surface area contributed by atoms with Crippen molar-refractivity contribution in [2.75, 3.05) is 6.61 Å². The third kappa shape index (κ3) is 1.21. The average Bonchev–Trinajstić information content (AvgIpc) is 2.45. The summed E-state index contributed by atoms with van der Waals surface area (Å²) in [6, 6.07) is 0. The van der Waals surface area contributed by atoms with Crippen molar-refractivity contribution in [3.05, 3.63) is 17.0 Å². The van der Waals surface area contributed by atoms with Gasteiger partial charge < -0.3 is 9.84 Å². The van der Waals surface area contributed by atoms with E-state index < -0.39 is 5.97 Å². The van der Waals surface area contributed by atoms with E-state index in [1.807, 2.05) is 0 Å². The third-order valence-corrected chi connectivity index (χ3v) is 2.21. The molecule has 0 aliphatic carbocycles. The fourth-order valence-electron chi connectivity index (χ4n) is 1.58. The Morgan fingerprint density at radius 1 is 1.69 bits per heavy atom. The van der Waals surface area contributed by atoms with Crippen LogP contribution in [0, 0.1) is 0 Å². The summed E-state index contributed by atoms with van der Waals surface area (Å²) in [5.74, 6) is -0.984. The van der Waals surface area contributed by atoms with E-state index in [1.165, 1.54) is 0 Å². The van der Waals surface area contributed by atoms with Crippen LogP contribution in [0.3, 0.4) is 0 Å². The number of hydrogen-bond acceptors (Lipinski definition) is 3. The lowest BCUT2D eigenvalue weighted by molar-refractivity contribution is 0.0677. The van der Waals surface area contributed by atoms with Crippen molar-refractivity contribution in [2.24, 2.45) is 7.05 Å². The lowest BCUT2D eigenvalue weighted by Gasteiger charge is -2.12. The Morgan fingerprint density at radius 3 is 3.15 bits per heavy atom. The highest BCUT2D eigenvalue weighted by Gasteiger charge is 2.23. The maximum atomic E-state index is 10.8. The zero-order chi connectivity index (χ0) is 9.42. The SMILES string of the molecule is Cn1nc(C(=O)O)c2c1CCOC2. The predicted octanol–water partition coefficient (Wildman–Crippen LogP) is 0.191. The van der Waals surface area contributed by atoms with Crippen LogP contribution >= 0.6 is 0 Å². The maximum Gasteiger partial charge on any atom is 0.356 e. The third-order valence-electron chi connectivity index (χ3n) is 2.21. The summed E-state index contributed by atoms with van der Waals surface area (Å²) in [5.41, 5.74) is 1.82. The first-order chi connectivity index (χ1) is 6.20. The zero-order valence-electron chi connectivity index (χ0n) is 7.28. The minimum absolute atomic E-state index is 0.122. The first-order valence-electron chi connectivity index (χ1n) is 4.06. The molecule has 0 bridgehead atoms. The molecular weight excluding hydrogens is 172 g/mol. The second kappa shape index (κ2) is 2.85. The molecule has 1 aromatic rings. The average molecular weight is 182 g/mol. The molecule has 5 heteroatoms. The van der Waals surface area contributed by atoms with Crippen LogP contribution in [0.4, 0.5) is 0 Å². The van der Waals surface area contributed by atoms with E-state index in [9.17, 15) is 4.79 Å². The van der Waals surface area contributed by atoms with Crippen molar-refractivity contribution >= 4 is 5.97 Å². The highest BCUT2D eigenvalue weighted by Crippen LogP contribution is 2.19. The van der Waals surface area contributed by atoms with Gasteiger partial charge >= 0.3 is 5.97 Å². The van der Waals surface area contributed by atoms with E-state index >= 15 is 0 Å². The molecule has 1 aliphatic rings. The normalized spacial score (nSPS) is 15.5. The van der Waals surface area contributed by atoms with Crippen molar-refractivity contribution < 1.29 is 14.6 Å². The molecule has 1 aromatic heterocycles. The molecule has 5 nitrogen and oxygen atoms in total. The molecule has 0 saturated carbocycles. The Balaban J connectivity index is 2.53. The summed E-state index contributed by atoms with van der Waals surface area (Å²) in [5, 5.41) is 12.8. The Labute approximate surface area is 74.9 Å². The van der Waals surface area contributed by atoms with Gasteiger partial charge in [-0.1, -0.05) is 0 Å². The molecule has 1 aliphatic heterocycles. The van der Waals surface area contributed by atoms with Crippen molar-refractivity contribution in [1.82, 2.24) is 9.78 Å². The van der Waals surface area contributed by atoms with Gasteiger partial charge in [-0.15, -0.1) is 0 Å². The summed E-state index contributed by atoms with van der Waals surface area (Å²) in [7, 11) is 1.76.